The Labute approximate surface area is 191 Å². The Balaban J connectivity index is 1.77. The molecular weight excluding hydrogens is 418 g/mol. The SMILES string of the molecule is Cc1ccc(NC(=O)C(Sc2nc3ccccc3c(=O)n2C(C)C)c2ccccc2)cc1. The summed E-state index contributed by atoms with van der Waals surface area (Å²) in [5, 5.41) is 3.54. The molecule has 0 aliphatic carbocycles. The van der Waals surface area contributed by atoms with E-state index in [1.165, 1.54) is 11.8 Å². The van der Waals surface area contributed by atoms with Gasteiger partial charge in [0, 0.05) is 11.7 Å². The van der Waals surface area contributed by atoms with Crippen LogP contribution in [0.5, 0.6) is 0 Å². The summed E-state index contributed by atoms with van der Waals surface area (Å²) in [6.07, 6.45) is 0. The summed E-state index contributed by atoms with van der Waals surface area (Å²) < 4.78 is 1.67. The van der Waals surface area contributed by atoms with Gasteiger partial charge < -0.3 is 5.32 Å². The zero-order valence-corrected chi connectivity index (χ0v) is 19.1. The number of para-hydroxylation sites is 1. The number of hydrogen-bond donors (Lipinski definition) is 1. The zero-order valence-electron chi connectivity index (χ0n) is 18.3. The summed E-state index contributed by atoms with van der Waals surface area (Å²) in [4.78, 5) is 31.4. The van der Waals surface area contributed by atoms with E-state index in [0.717, 1.165) is 16.8 Å². The first kappa shape index (κ1) is 21.8. The number of aromatic nitrogens is 2. The van der Waals surface area contributed by atoms with Gasteiger partial charge in [0.2, 0.25) is 5.91 Å². The van der Waals surface area contributed by atoms with E-state index in [1.54, 1.807) is 10.6 Å². The molecule has 0 radical (unpaired) electrons. The van der Waals surface area contributed by atoms with Crippen LogP contribution in [0.3, 0.4) is 0 Å². The predicted octanol–water partition coefficient (Wildman–Crippen LogP) is 5.76. The number of aryl methyl sites for hydroxylation is 1. The molecule has 1 aromatic heterocycles. The average Bonchev–Trinajstić information content (AvgIpc) is 2.79. The Kier molecular flexibility index (Phi) is 6.42. The van der Waals surface area contributed by atoms with E-state index in [4.69, 9.17) is 4.98 Å². The third kappa shape index (κ3) is 4.60. The second-order valence-corrected chi connectivity index (χ2v) is 9.02. The number of anilines is 1. The molecule has 0 spiro atoms. The van der Waals surface area contributed by atoms with Crippen LogP contribution >= 0.6 is 11.8 Å². The summed E-state index contributed by atoms with van der Waals surface area (Å²) in [6, 6.07) is 24.5. The van der Waals surface area contributed by atoms with E-state index in [0.29, 0.717) is 16.1 Å². The van der Waals surface area contributed by atoms with E-state index in [9.17, 15) is 9.59 Å². The van der Waals surface area contributed by atoms with Crippen molar-refractivity contribution in [2.24, 2.45) is 0 Å². The Bertz CT molecular complexity index is 1300. The first-order chi connectivity index (χ1) is 15.4. The summed E-state index contributed by atoms with van der Waals surface area (Å²) >= 11 is 1.30. The number of amides is 1. The van der Waals surface area contributed by atoms with Crippen molar-refractivity contribution in [3.63, 3.8) is 0 Å². The molecule has 1 amide bonds. The number of carbonyl (C=O) groups excluding carboxylic acids is 1. The first-order valence-corrected chi connectivity index (χ1v) is 11.4. The first-order valence-electron chi connectivity index (χ1n) is 10.5. The molecule has 162 valence electrons. The predicted molar refractivity (Wildman–Crippen MR) is 131 cm³/mol. The number of benzene rings is 3. The monoisotopic (exact) mass is 443 g/mol. The molecule has 0 saturated carbocycles. The number of rotatable bonds is 6. The lowest BCUT2D eigenvalue weighted by Crippen LogP contribution is -2.26. The minimum atomic E-state index is -0.574. The van der Waals surface area contributed by atoms with Gasteiger partial charge in [0.25, 0.3) is 5.56 Å². The van der Waals surface area contributed by atoms with Gasteiger partial charge in [0.05, 0.1) is 10.9 Å². The Morgan fingerprint density at radius 1 is 0.938 bits per heavy atom. The van der Waals surface area contributed by atoms with E-state index < -0.39 is 5.25 Å². The van der Waals surface area contributed by atoms with E-state index in [2.05, 4.69) is 5.32 Å². The molecule has 6 heteroatoms. The highest BCUT2D eigenvalue weighted by Gasteiger charge is 2.26. The quantitative estimate of drug-likeness (QED) is 0.304. The Hall–Kier alpha value is -3.38. The topological polar surface area (TPSA) is 64.0 Å². The van der Waals surface area contributed by atoms with Gasteiger partial charge in [-0.15, -0.1) is 0 Å². The number of hydrogen-bond acceptors (Lipinski definition) is 4. The van der Waals surface area contributed by atoms with Crippen molar-refractivity contribution in [1.82, 2.24) is 9.55 Å². The lowest BCUT2D eigenvalue weighted by molar-refractivity contribution is -0.115. The van der Waals surface area contributed by atoms with Crippen LogP contribution in [-0.4, -0.2) is 15.5 Å². The average molecular weight is 444 g/mol. The molecule has 32 heavy (non-hydrogen) atoms. The fraction of sp³-hybridized carbons (Fsp3) is 0.192. The fourth-order valence-corrected chi connectivity index (χ4v) is 4.74. The van der Waals surface area contributed by atoms with Gasteiger partial charge >= 0.3 is 0 Å². The molecule has 1 N–H and O–H groups in total. The highest BCUT2D eigenvalue weighted by Crippen LogP contribution is 2.36. The van der Waals surface area contributed by atoms with Crippen LogP contribution in [0.25, 0.3) is 10.9 Å². The van der Waals surface area contributed by atoms with Gasteiger partial charge in [-0.25, -0.2) is 4.98 Å². The van der Waals surface area contributed by atoms with Crippen molar-refractivity contribution in [2.75, 3.05) is 5.32 Å². The normalized spacial score (nSPS) is 12.1. The van der Waals surface area contributed by atoms with Crippen molar-refractivity contribution in [2.45, 2.75) is 37.2 Å². The number of fused-ring (bicyclic) bond motifs is 1. The van der Waals surface area contributed by atoms with Crippen LogP contribution < -0.4 is 10.9 Å². The van der Waals surface area contributed by atoms with Gasteiger partial charge in [-0.2, -0.15) is 0 Å². The van der Waals surface area contributed by atoms with Gasteiger partial charge in [0.1, 0.15) is 5.25 Å². The molecular formula is C26H25N3O2S. The van der Waals surface area contributed by atoms with Crippen molar-refractivity contribution < 1.29 is 4.79 Å². The number of nitrogens with zero attached hydrogens (tertiary/aromatic N) is 2. The van der Waals surface area contributed by atoms with Gasteiger partial charge in [-0.3, -0.25) is 14.2 Å². The molecule has 0 fully saturated rings. The number of nitrogens with one attached hydrogen (secondary N) is 1. The standard InChI is InChI=1S/C26H25N3O2S/c1-17(2)29-25(31)21-11-7-8-12-22(21)28-26(29)32-23(19-9-5-4-6-10-19)24(30)27-20-15-13-18(3)14-16-20/h4-17,23H,1-3H3,(H,27,30). The molecule has 1 heterocycles. The number of carbonyl (C=O) groups is 1. The minimum Gasteiger partial charge on any atom is -0.325 e. The molecule has 0 saturated heterocycles. The largest absolute Gasteiger partial charge is 0.325 e. The van der Waals surface area contributed by atoms with Crippen LogP contribution in [-0.2, 0) is 4.79 Å². The van der Waals surface area contributed by atoms with Crippen molar-refractivity contribution in [3.05, 3.63) is 100 Å². The van der Waals surface area contributed by atoms with E-state index in [1.807, 2.05) is 93.6 Å². The Morgan fingerprint density at radius 2 is 1.59 bits per heavy atom. The zero-order chi connectivity index (χ0) is 22.7. The maximum Gasteiger partial charge on any atom is 0.262 e. The maximum absolute atomic E-state index is 13.4. The third-order valence-electron chi connectivity index (χ3n) is 5.17. The fourth-order valence-electron chi connectivity index (χ4n) is 3.51. The molecule has 4 rings (SSSR count). The second-order valence-electron chi connectivity index (χ2n) is 7.94. The highest BCUT2D eigenvalue weighted by molar-refractivity contribution is 8.00. The smallest absolute Gasteiger partial charge is 0.262 e. The van der Waals surface area contributed by atoms with E-state index >= 15 is 0 Å². The summed E-state index contributed by atoms with van der Waals surface area (Å²) in [5.74, 6) is -0.164. The molecule has 1 atom stereocenters. The van der Waals surface area contributed by atoms with Gasteiger partial charge in [0.15, 0.2) is 5.16 Å². The van der Waals surface area contributed by atoms with Crippen molar-refractivity contribution in [3.8, 4) is 0 Å². The van der Waals surface area contributed by atoms with Crippen LogP contribution in [0.2, 0.25) is 0 Å². The molecule has 0 bridgehead atoms. The lowest BCUT2D eigenvalue weighted by atomic mass is 10.1. The molecule has 4 aromatic rings. The van der Waals surface area contributed by atoms with Crippen LogP contribution in [0.15, 0.2) is 88.8 Å². The molecule has 5 nitrogen and oxygen atoms in total. The highest BCUT2D eigenvalue weighted by atomic mass is 32.2. The second kappa shape index (κ2) is 9.40. The van der Waals surface area contributed by atoms with Crippen LogP contribution in [0.1, 0.15) is 36.3 Å². The van der Waals surface area contributed by atoms with Crippen LogP contribution in [0.4, 0.5) is 5.69 Å². The van der Waals surface area contributed by atoms with Crippen molar-refractivity contribution >= 4 is 34.3 Å². The molecule has 0 aliphatic heterocycles. The Morgan fingerprint density at radius 3 is 2.28 bits per heavy atom. The van der Waals surface area contributed by atoms with Gasteiger partial charge in [-0.1, -0.05) is 71.9 Å². The minimum absolute atomic E-state index is 0.0983. The molecule has 1 unspecified atom stereocenters. The third-order valence-corrected chi connectivity index (χ3v) is 6.40. The van der Waals surface area contributed by atoms with E-state index in [-0.39, 0.29) is 17.5 Å². The summed E-state index contributed by atoms with van der Waals surface area (Å²) in [5.41, 5.74) is 3.23. The van der Waals surface area contributed by atoms with Crippen molar-refractivity contribution in [1.29, 1.82) is 0 Å². The molecule has 0 aliphatic rings. The maximum atomic E-state index is 13.4. The van der Waals surface area contributed by atoms with Gasteiger partial charge in [-0.05, 0) is 50.6 Å². The summed E-state index contributed by atoms with van der Waals surface area (Å²) in [7, 11) is 0. The number of thioether (sulfide) groups is 1. The summed E-state index contributed by atoms with van der Waals surface area (Å²) in [6.45, 7) is 5.91. The molecule has 3 aromatic carbocycles. The van der Waals surface area contributed by atoms with Crippen LogP contribution in [0, 0.1) is 6.92 Å². The lowest BCUT2D eigenvalue weighted by Gasteiger charge is -2.21.